The number of aryl methyl sites for hydroxylation is 1. The highest BCUT2D eigenvalue weighted by molar-refractivity contribution is 7.18. The maximum absolute atomic E-state index is 13.4. The number of nitrogens with zero attached hydrogens (tertiary/aromatic N) is 5. The molecule has 4 aromatic heterocycles. The van der Waals surface area contributed by atoms with Gasteiger partial charge in [0.05, 0.1) is 0 Å². The Morgan fingerprint density at radius 3 is 2.74 bits per heavy atom. The lowest BCUT2D eigenvalue weighted by Crippen LogP contribution is -2.35. The van der Waals surface area contributed by atoms with Crippen LogP contribution < -0.4 is 0 Å². The van der Waals surface area contributed by atoms with Crippen LogP contribution in [0.2, 0.25) is 0 Å². The lowest BCUT2D eigenvalue weighted by atomic mass is 9.71. The van der Waals surface area contributed by atoms with Crippen LogP contribution in [-0.2, 0) is 7.05 Å². The summed E-state index contributed by atoms with van der Waals surface area (Å²) in [5, 5.41) is 6.17. The van der Waals surface area contributed by atoms with Crippen LogP contribution in [0.5, 0.6) is 0 Å². The summed E-state index contributed by atoms with van der Waals surface area (Å²) in [7, 11) is 1.86. The summed E-state index contributed by atoms with van der Waals surface area (Å²) < 4.78 is 28.5. The van der Waals surface area contributed by atoms with Crippen LogP contribution in [0.4, 0.5) is 8.78 Å². The van der Waals surface area contributed by atoms with Gasteiger partial charge in [0.2, 0.25) is 5.92 Å². The number of hydrogen-bond acceptors (Lipinski definition) is 5. The predicted molar refractivity (Wildman–Crippen MR) is 101 cm³/mol. The highest BCUT2D eigenvalue weighted by atomic mass is 32.1. The molecule has 1 aliphatic carbocycles. The van der Waals surface area contributed by atoms with Crippen molar-refractivity contribution < 1.29 is 8.78 Å². The van der Waals surface area contributed by atoms with Gasteiger partial charge in [-0.3, -0.25) is 4.68 Å². The molecule has 1 fully saturated rings. The molecule has 5 rings (SSSR count). The van der Waals surface area contributed by atoms with Crippen molar-refractivity contribution in [3.8, 4) is 11.4 Å². The summed E-state index contributed by atoms with van der Waals surface area (Å²) >= 11 is 1.58. The van der Waals surface area contributed by atoms with E-state index in [0.717, 1.165) is 33.0 Å². The molecule has 8 heteroatoms. The zero-order chi connectivity index (χ0) is 18.8. The molecule has 0 aromatic carbocycles. The average Bonchev–Trinajstić information content (AvgIpc) is 3.12. The third kappa shape index (κ3) is 2.88. The van der Waals surface area contributed by atoms with E-state index in [2.05, 4.69) is 20.1 Å². The van der Waals surface area contributed by atoms with Gasteiger partial charge in [-0.25, -0.2) is 23.7 Å². The van der Waals surface area contributed by atoms with Gasteiger partial charge in [-0.05, 0) is 37.8 Å². The summed E-state index contributed by atoms with van der Waals surface area (Å²) in [6.07, 6.45) is 6.51. The monoisotopic (exact) mass is 385 g/mol. The molecule has 0 aliphatic heterocycles. The van der Waals surface area contributed by atoms with Crippen molar-refractivity contribution in [1.29, 1.82) is 0 Å². The summed E-state index contributed by atoms with van der Waals surface area (Å²) in [6.45, 7) is 1.02. The molecule has 0 unspecified atom stereocenters. The third-order valence-corrected chi connectivity index (χ3v) is 6.49. The summed E-state index contributed by atoms with van der Waals surface area (Å²) in [4.78, 5) is 15.5. The van der Waals surface area contributed by atoms with E-state index in [1.165, 1.54) is 0 Å². The van der Waals surface area contributed by atoms with Gasteiger partial charge in [-0.1, -0.05) is 0 Å². The van der Waals surface area contributed by atoms with E-state index in [-0.39, 0.29) is 5.92 Å². The molecular weight excluding hydrogens is 368 g/mol. The van der Waals surface area contributed by atoms with Gasteiger partial charge in [-0.2, -0.15) is 5.10 Å². The first kappa shape index (κ1) is 16.7. The maximum Gasteiger partial charge on any atom is 0.248 e. The van der Waals surface area contributed by atoms with E-state index in [1.54, 1.807) is 28.4 Å². The fraction of sp³-hybridized carbons (Fsp3) is 0.368. The van der Waals surface area contributed by atoms with Gasteiger partial charge in [0.1, 0.15) is 4.83 Å². The number of pyridine rings is 1. The standard InChI is InChI=1S/C19H17F2N5S/c1-19(20,21)14-4-10(5-14)15-6-12-8-22-16(24-18(12)27-15)11-3-13-9-26(2)25-17(13)23-7-11/h3,6-10,14H,4-5H2,1-2H3. The minimum absolute atomic E-state index is 0.205. The highest BCUT2D eigenvalue weighted by Gasteiger charge is 2.44. The van der Waals surface area contributed by atoms with Crippen LogP contribution >= 0.6 is 11.3 Å². The molecule has 0 spiro atoms. The summed E-state index contributed by atoms with van der Waals surface area (Å²) in [6, 6.07) is 4.02. The van der Waals surface area contributed by atoms with E-state index in [9.17, 15) is 8.78 Å². The molecule has 0 radical (unpaired) electrons. The molecule has 4 aromatic rings. The molecule has 0 amide bonds. The SMILES string of the molecule is Cn1cc2cc(-c3ncc4cc(C5CC(C(C)(F)F)C5)sc4n3)cnc2n1. The van der Waals surface area contributed by atoms with Crippen LogP contribution in [0.15, 0.2) is 30.7 Å². The summed E-state index contributed by atoms with van der Waals surface area (Å²) in [5.41, 5.74) is 1.52. The zero-order valence-electron chi connectivity index (χ0n) is 14.9. The smallest absolute Gasteiger partial charge is 0.248 e. The molecule has 0 N–H and O–H groups in total. The minimum atomic E-state index is -2.59. The number of hydrogen-bond donors (Lipinski definition) is 0. The van der Waals surface area contributed by atoms with Gasteiger partial charge in [0.25, 0.3) is 0 Å². The summed E-state index contributed by atoms with van der Waals surface area (Å²) in [5.74, 6) is -2.28. The number of fused-ring (bicyclic) bond motifs is 2. The number of rotatable bonds is 3. The molecular formula is C19H17F2N5S. The van der Waals surface area contributed by atoms with Crippen molar-refractivity contribution in [2.75, 3.05) is 0 Å². The van der Waals surface area contributed by atoms with Crippen LogP contribution in [-0.4, -0.2) is 30.7 Å². The number of aromatic nitrogens is 5. The van der Waals surface area contributed by atoms with Crippen molar-refractivity contribution >= 4 is 32.6 Å². The molecule has 5 nitrogen and oxygen atoms in total. The second-order valence-corrected chi connectivity index (χ2v) is 8.43. The fourth-order valence-electron chi connectivity index (χ4n) is 3.61. The third-order valence-electron chi connectivity index (χ3n) is 5.28. The van der Waals surface area contributed by atoms with Crippen molar-refractivity contribution in [1.82, 2.24) is 24.7 Å². The molecule has 138 valence electrons. The Labute approximate surface area is 158 Å². The molecule has 0 saturated heterocycles. The Morgan fingerprint density at radius 1 is 1.15 bits per heavy atom. The normalized spacial score (nSPS) is 20.3. The maximum atomic E-state index is 13.4. The number of alkyl halides is 2. The first-order valence-corrected chi connectivity index (χ1v) is 9.62. The highest BCUT2D eigenvalue weighted by Crippen LogP contribution is 2.50. The predicted octanol–water partition coefficient (Wildman–Crippen LogP) is 4.79. The molecule has 4 heterocycles. The van der Waals surface area contributed by atoms with Gasteiger partial charge in [-0.15, -0.1) is 11.3 Å². The van der Waals surface area contributed by atoms with Crippen molar-refractivity contribution in [2.45, 2.75) is 31.6 Å². The Morgan fingerprint density at radius 2 is 1.96 bits per heavy atom. The van der Waals surface area contributed by atoms with E-state index in [4.69, 9.17) is 0 Å². The van der Waals surface area contributed by atoms with Crippen LogP contribution in [0.3, 0.4) is 0 Å². The average molecular weight is 385 g/mol. The largest absolute Gasteiger partial charge is 0.273 e. The van der Waals surface area contributed by atoms with Crippen molar-refractivity contribution in [2.24, 2.45) is 13.0 Å². The molecule has 0 bridgehead atoms. The quantitative estimate of drug-likeness (QED) is 0.509. The first-order chi connectivity index (χ1) is 12.9. The molecule has 0 atom stereocenters. The molecule has 1 aliphatic rings. The first-order valence-electron chi connectivity index (χ1n) is 8.81. The lowest BCUT2D eigenvalue weighted by molar-refractivity contribution is -0.0771. The van der Waals surface area contributed by atoms with E-state index >= 15 is 0 Å². The number of thiophene rings is 1. The van der Waals surface area contributed by atoms with Gasteiger partial charge >= 0.3 is 0 Å². The Balaban J connectivity index is 1.45. The Kier molecular flexibility index (Phi) is 3.56. The second-order valence-electron chi connectivity index (χ2n) is 7.36. The van der Waals surface area contributed by atoms with E-state index in [1.807, 2.05) is 25.4 Å². The lowest BCUT2D eigenvalue weighted by Gasteiger charge is -2.38. The van der Waals surface area contributed by atoms with Crippen molar-refractivity contribution in [3.63, 3.8) is 0 Å². The minimum Gasteiger partial charge on any atom is -0.273 e. The molecule has 1 saturated carbocycles. The van der Waals surface area contributed by atoms with Crippen LogP contribution in [0.25, 0.3) is 32.6 Å². The van der Waals surface area contributed by atoms with E-state index < -0.39 is 11.8 Å². The van der Waals surface area contributed by atoms with Gasteiger partial charge < -0.3 is 0 Å². The van der Waals surface area contributed by atoms with Gasteiger partial charge in [0.15, 0.2) is 11.5 Å². The Hall–Kier alpha value is -2.48. The topological polar surface area (TPSA) is 56.5 Å². The fourth-order valence-corrected chi connectivity index (χ4v) is 4.74. The molecule has 27 heavy (non-hydrogen) atoms. The van der Waals surface area contributed by atoms with Crippen LogP contribution in [0.1, 0.15) is 30.6 Å². The Bertz CT molecular complexity index is 1150. The van der Waals surface area contributed by atoms with E-state index in [0.29, 0.717) is 24.3 Å². The van der Waals surface area contributed by atoms with Crippen LogP contribution in [0, 0.1) is 5.92 Å². The zero-order valence-corrected chi connectivity index (χ0v) is 15.7. The second kappa shape index (κ2) is 5.76. The van der Waals surface area contributed by atoms with Crippen molar-refractivity contribution in [3.05, 3.63) is 35.6 Å². The van der Waals surface area contributed by atoms with Gasteiger partial charge in [0, 0.05) is 52.8 Å². The number of halogens is 2.